The van der Waals surface area contributed by atoms with Gasteiger partial charge in [-0.25, -0.2) is 8.78 Å². The van der Waals surface area contributed by atoms with Gasteiger partial charge in [0.25, 0.3) is 0 Å². The fourth-order valence-electron chi connectivity index (χ4n) is 3.12. The monoisotopic (exact) mass is 402 g/mol. The van der Waals surface area contributed by atoms with E-state index in [0.29, 0.717) is 42.5 Å². The molecule has 1 aromatic heterocycles. The molecule has 0 unspecified atom stereocenters. The number of halogens is 6. The lowest BCUT2D eigenvalue weighted by molar-refractivity contribution is -0.137. The standard InChI is InChI=1S/C19H16ClF5N2/c20-15-5-4-10(7-14(15)19(23,24)25)17-12(3-1-2-6-26)13-8-11(21)9-16(22)18(13)27-17/h4-5,7-9,27H,1-3,6,26H2. The van der Waals surface area contributed by atoms with Crippen molar-refractivity contribution in [2.75, 3.05) is 6.54 Å². The molecular formula is C19H16ClF5N2. The number of unbranched alkanes of at least 4 members (excludes halogenated alkanes) is 1. The van der Waals surface area contributed by atoms with Crippen molar-refractivity contribution in [3.63, 3.8) is 0 Å². The highest BCUT2D eigenvalue weighted by molar-refractivity contribution is 6.31. The fourth-order valence-corrected chi connectivity index (χ4v) is 3.35. The Morgan fingerprint density at radius 1 is 1.04 bits per heavy atom. The molecule has 0 spiro atoms. The van der Waals surface area contributed by atoms with E-state index in [1.165, 1.54) is 12.1 Å². The largest absolute Gasteiger partial charge is 0.417 e. The van der Waals surface area contributed by atoms with Crippen LogP contribution in [-0.2, 0) is 12.6 Å². The number of aromatic amines is 1. The van der Waals surface area contributed by atoms with Crippen LogP contribution in [0, 0.1) is 11.6 Å². The summed E-state index contributed by atoms with van der Waals surface area (Å²) in [5, 5.41) is -0.118. The van der Waals surface area contributed by atoms with Gasteiger partial charge in [-0.2, -0.15) is 13.2 Å². The Morgan fingerprint density at radius 2 is 1.78 bits per heavy atom. The summed E-state index contributed by atoms with van der Waals surface area (Å²) in [5.41, 5.74) is 5.62. The van der Waals surface area contributed by atoms with Gasteiger partial charge in [-0.3, -0.25) is 0 Å². The van der Waals surface area contributed by atoms with Crippen molar-refractivity contribution in [2.24, 2.45) is 5.73 Å². The second-order valence-electron chi connectivity index (χ2n) is 6.23. The predicted octanol–water partition coefficient (Wildman–Crippen LogP) is 6.07. The van der Waals surface area contributed by atoms with Crippen LogP contribution in [0.4, 0.5) is 22.0 Å². The van der Waals surface area contributed by atoms with Crippen molar-refractivity contribution in [2.45, 2.75) is 25.4 Å². The predicted molar refractivity (Wildman–Crippen MR) is 95.7 cm³/mol. The van der Waals surface area contributed by atoms with E-state index in [2.05, 4.69) is 4.98 Å². The SMILES string of the molecule is NCCCCc1c(-c2ccc(Cl)c(C(F)(F)F)c2)[nH]c2c(F)cc(F)cc12. The number of fused-ring (bicyclic) bond motifs is 1. The quantitative estimate of drug-likeness (QED) is 0.395. The molecule has 0 atom stereocenters. The van der Waals surface area contributed by atoms with Crippen LogP contribution in [0.5, 0.6) is 0 Å². The lowest BCUT2D eigenvalue weighted by Crippen LogP contribution is -2.06. The highest BCUT2D eigenvalue weighted by Gasteiger charge is 2.33. The molecule has 0 bridgehead atoms. The van der Waals surface area contributed by atoms with E-state index in [-0.39, 0.29) is 11.1 Å². The lowest BCUT2D eigenvalue weighted by Gasteiger charge is -2.12. The van der Waals surface area contributed by atoms with Gasteiger partial charge in [0.1, 0.15) is 11.6 Å². The highest BCUT2D eigenvalue weighted by atomic mass is 35.5. The molecule has 0 aliphatic carbocycles. The Kier molecular flexibility index (Phi) is 5.44. The van der Waals surface area contributed by atoms with Gasteiger partial charge in [-0.05, 0) is 55.1 Å². The van der Waals surface area contributed by atoms with Gasteiger partial charge in [-0.1, -0.05) is 17.7 Å². The molecule has 0 aliphatic heterocycles. The minimum atomic E-state index is -4.63. The second kappa shape index (κ2) is 7.48. The number of hydrogen-bond acceptors (Lipinski definition) is 1. The van der Waals surface area contributed by atoms with Crippen molar-refractivity contribution in [3.05, 3.63) is 58.1 Å². The Labute approximate surface area is 157 Å². The van der Waals surface area contributed by atoms with E-state index in [4.69, 9.17) is 17.3 Å². The van der Waals surface area contributed by atoms with Crippen LogP contribution < -0.4 is 5.73 Å². The number of hydrogen-bond donors (Lipinski definition) is 2. The number of rotatable bonds is 5. The third kappa shape index (κ3) is 3.94. The maximum absolute atomic E-state index is 14.2. The summed E-state index contributed by atoms with van der Waals surface area (Å²) in [6.07, 6.45) is -2.90. The minimum Gasteiger partial charge on any atom is -0.352 e. The first-order valence-corrected chi connectivity index (χ1v) is 8.67. The lowest BCUT2D eigenvalue weighted by atomic mass is 9.99. The third-order valence-corrected chi connectivity index (χ3v) is 4.70. The fraction of sp³-hybridized carbons (Fsp3) is 0.263. The average Bonchev–Trinajstić information content (AvgIpc) is 2.93. The summed E-state index contributed by atoms with van der Waals surface area (Å²) < 4.78 is 67.5. The Morgan fingerprint density at radius 3 is 2.44 bits per heavy atom. The van der Waals surface area contributed by atoms with Gasteiger partial charge in [0, 0.05) is 17.1 Å². The molecule has 2 aromatic carbocycles. The van der Waals surface area contributed by atoms with Gasteiger partial charge in [-0.15, -0.1) is 0 Å². The molecule has 27 heavy (non-hydrogen) atoms. The zero-order valence-electron chi connectivity index (χ0n) is 14.1. The Balaban J connectivity index is 2.21. The summed E-state index contributed by atoms with van der Waals surface area (Å²) in [4.78, 5) is 2.82. The first kappa shape index (κ1) is 19.6. The van der Waals surface area contributed by atoms with Gasteiger partial charge in [0.15, 0.2) is 0 Å². The molecule has 0 aliphatic rings. The summed E-state index contributed by atoms with van der Waals surface area (Å²) in [6.45, 7) is 0.444. The molecule has 0 amide bonds. The Hall–Kier alpha value is -2.12. The third-order valence-electron chi connectivity index (χ3n) is 4.37. The summed E-state index contributed by atoms with van der Waals surface area (Å²) in [6, 6.07) is 5.38. The normalized spacial score (nSPS) is 12.1. The molecule has 2 nitrogen and oxygen atoms in total. The second-order valence-corrected chi connectivity index (χ2v) is 6.63. The van der Waals surface area contributed by atoms with Crippen molar-refractivity contribution in [3.8, 4) is 11.3 Å². The van der Waals surface area contributed by atoms with Gasteiger partial charge < -0.3 is 10.7 Å². The van der Waals surface area contributed by atoms with Crippen LogP contribution >= 0.6 is 11.6 Å². The smallest absolute Gasteiger partial charge is 0.352 e. The van der Waals surface area contributed by atoms with E-state index in [1.807, 2.05) is 0 Å². The van der Waals surface area contributed by atoms with Crippen molar-refractivity contribution in [1.82, 2.24) is 4.98 Å². The summed E-state index contributed by atoms with van der Waals surface area (Å²) in [5.74, 6) is -1.56. The van der Waals surface area contributed by atoms with Crippen LogP contribution in [0.25, 0.3) is 22.2 Å². The van der Waals surface area contributed by atoms with E-state index in [1.54, 1.807) is 0 Å². The number of H-pyrrole nitrogens is 1. The average molecular weight is 403 g/mol. The van der Waals surface area contributed by atoms with Crippen LogP contribution in [0.2, 0.25) is 5.02 Å². The van der Waals surface area contributed by atoms with Gasteiger partial charge in [0.05, 0.1) is 16.1 Å². The molecule has 0 saturated carbocycles. The van der Waals surface area contributed by atoms with Gasteiger partial charge >= 0.3 is 6.18 Å². The van der Waals surface area contributed by atoms with Crippen molar-refractivity contribution in [1.29, 1.82) is 0 Å². The number of alkyl halides is 3. The minimum absolute atomic E-state index is 0.0534. The maximum atomic E-state index is 14.2. The molecule has 3 rings (SSSR count). The van der Waals surface area contributed by atoms with Gasteiger partial charge in [0.2, 0.25) is 0 Å². The van der Waals surface area contributed by atoms with Crippen molar-refractivity contribution < 1.29 is 22.0 Å². The number of nitrogens with one attached hydrogen (secondary N) is 1. The van der Waals surface area contributed by atoms with Crippen LogP contribution in [0.15, 0.2) is 30.3 Å². The molecule has 0 fully saturated rings. The molecule has 144 valence electrons. The number of benzene rings is 2. The van der Waals surface area contributed by atoms with Crippen LogP contribution in [0.3, 0.4) is 0 Å². The van der Waals surface area contributed by atoms with E-state index in [0.717, 1.165) is 18.2 Å². The molecule has 3 aromatic rings. The number of aromatic nitrogens is 1. The maximum Gasteiger partial charge on any atom is 0.417 e. The van der Waals surface area contributed by atoms with E-state index < -0.39 is 28.4 Å². The molecule has 0 radical (unpaired) electrons. The number of nitrogens with two attached hydrogens (primary N) is 1. The molecular weight excluding hydrogens is 387 g/mol. The molecule has 8 heteroatoms. The van der Waals surface area contributed by atoms with Crippen LogP contribution in [0.1, 0.15) is 24.0 Å². The highest BCUT2D eigenvalue weighted by Crippen LogP contribution is 2.39. The Bertz CT molecular complexity index is 978. The number of aryl methyl sites for hydroxylation is 1. The van der Waals surface area contributed by atoms with Crippen molar-refractivity contribution >= 4 is 22.5 Å². The van der Waals surface area contributed by atoms with E-state index in [9.17, 15) is 22.0 Å². The topological polar surface area (TPSA) is 41.8 Å². The first-order valence-electron chi connectivity index (χ1n) is 8.29. The zero-order valence-corrected chi connectivity index (χ0v) is 14.8. The molecule has 3 N–H and O–H groups in total. The van der Waals surface area contributed by atoms with Crippen LogP contribution in [-0.4, -0.2) is 11.5 Å². The zero-order chi connectivity index (χ0) is 19.8. The molecule has 1 heterocycles. The van der Waals surface area contributed by atoms with E-state index >= 15 is 0 Å². The summed E-state index contributed by atoms with van der Waals surface area (Å²) >= 11 is 5.68. The summed E-state index contributed by atoms with van der Waals surface area (Å²) in [7, 11) is 0. The molecule has 0 saturated heterocycles. The first-order chi connectivity index (χ1) is 12.7.